The minimum atomic E-state index is 0.244. The van der Waals surface area contributed by atoms with Crippen molar-refractivity contribution in [2.24, 2.45) is 0 Å². The molecular formula is C49H41N9O2. The smallest absolute Gasteiger partial charge is 0.162 e. The van der Waals surface area contributed by atoms with Crippen LogP contribution in [0.1, 0.15) is 19.3 Å². The second-order valence-corrected chi connectivity index (χ2v) is 14.9. The van der Waals surface area contributed by atoms with Gasteiger partial charge in [0.25, 0.3) is 0 Å². The van der Waals surface area contributed by atoms with E-state index in [0.29, 0.717) is 0 Å². The zero-order chi connectivity index (χ0) is 40.3. The maximum absolute atomic E-state index is 9.45. The number of nitrogens with zero attached hydrogens (tertiary/aromatic N) is 9. The molecule has 10 aromatic rings. The van der Waals surface area contributed by atoms with E-state index in [4.69, 9.17) is 9.72 Å². The van der Waals surface area contributed by atoms with Gasteiger partial charge in [-0.15, -0.1) is 0 Å². The number of piperidine rings is 1. The van der Waals surface area contributed by atoms with Gasteiger partial charge in [-0.25, -0.2) is 19.0 Å². The van der Waals surface area contributed by atoms with Crippen molar-refractivity contribution in [3.63, 3.8) is 0 Å². The van der Waals surface area contributed by atoms with Crippen molar-refractivity contribution in [2.45, 2.75) is 19.3 Å². The van der Waals surface area contributed by atoms with Gasteiger partial charge in [-0.05, 0) is 96.7 Å². The zero-order valence-corrected chi connectivity index (χ0v) is 32.8. The number of pyridine rings is 2. The first-order valence-electron chi connectivity index (χ1n) is 20.2. The Morgan fingerprint density at radius 2 is 1.03 bits per heavy atom. The minimum Gasteiger partial charge on any atom is -0.508 e. The van der Waals surface area contributed by atoms with Crippen LogP contribution in [0.15, 0.2) is 159 Å². The summed E-state index contributed by atoms with van der Waals surface area (Å²) in [5.74, 6) is 1.15. The van der Waals surface area contributed by atoms with Gasteiger partial charge < -0.3 is 9.84 Å². The Kier molecular flexibility index (Phi) is 10.1. The highest BCUT2D eigenvalue weighted by molar-refractivity contribution is 5.99. The molecule has 294 valence electrons. The molecule has 60 heavy (non-hydrogen) atoms. The van der Waals surface area contributed by atoms with Gasteiger partial charge in [-0.2, -0.15) is 10.2 Å². The first-order chi connectivity index (χ1) is 29.6. The molecule has 1 N–H and O–H groups in total. The fraction of sp³-hybridized carbons (Fsp3) is 0.143. The molecule has 6 aromatic heterocycles. The number of hydrogen-bond acceptors (Lipinski definition) is 9. The number of aromatic hydroxyl groups is 1. The quantitative estimate of drug-likeness (QED) is 0.161. The zero-order valence-electron chi connectivity index (χ0n) is 32.8. The van der Waals surface area contributed by atoms with E-state index in [9.17, 15) is 5.11 Å². The number of benzene rings is 4. The highest BCUT2D eigenvalue weighted by Gasteiger charge is 2.15. The molecule has 1 saturated heterocycles. The average molecular weight is 788 g/mol. The van der Waals surface area contributed by atoms with E-state index in [1.54, 1.807) is 22.8 Å². The van der Waals surface area contributed by atoms with E-state index in [1.165, 1.54) is 32.4 Å². The van der Waals surface area contributed by atoms with Crippen LogP contribution in [0.25, 0.3) is 77.6 Å². The van der Waals surface area contributed by atoms with Crippen molar-refractivity contribution in [3.05, 3.63) is 159 Å². The highest BCUT2D eigenvalue weighted by atomic mass is 16.5. The molecule has 11 heteroatoms. The summed E-state index contributed by atoms with van der Waals surface area (Å²) in [5, 5.41) is 20.7. The molecule has 0 saturated carbocycles. The molecule has 11 nitrogen and oxygen atoms in total. The molecule has 0 atom stereocenters. The Morgan fingerprint density at radius 1 is 0.500 bits per heavy atom. The van der Waals surface area contributed by atoms with Crippen LogP contribution in [0.4, 0.5) is 0 Å². The monoisotopic (exact) mass is 787 g/mol. The van der Waals surface area contributed by atoms with Crippen LogP contribution in [-0.2, 0) is 0 Å². The van der Waals surface area contributed by atoms with Crippen molar-refractivity contribution in [3.8, 4) is 56.0 Å². The van der Waals surface area contributed by atoms with E-state index in [1.807, 2.05) is 109 Å². The van der Waals surface area contributed by atoms with E-state index in [-0.39, 0.29) is 5.75 Å². The molecule has 1 aliphatic rings. The topological polar surface area (TPSA) is 119 Å². The van der Waals surface area contributed by atoms with Crippen LogP contribution in [0, 0.1) is 0 Å². The van der Waals surface area contributed by atoms with Crippen molar-refractivity contribution in [2.75, 3.05) is 26.2 Å². The predicted molar refractivity (Wildman–Crippen MR) is 236 cm³/mol. The van der Waals surface area contributed by atoms with Crippen LogP contribution < -0.4 is 4.74 Å². The number of phenolic OH excluding ortho intramolecular Hbond substituents is 1. The lowest BCUT2D eigenvalue weighted by atomic mass is 10.0. The molecule has 1 aliphatic heterocycles. The van der Waals surface area contributed by atoms with Gasteiger partial charge in [-0.3, -0.25) is 14.9 Å². The van der Waals surface area contributed by atoms with Crippen LogP contribution in [0.2, 0.25) is 0 Å². The second-order valence-electron chi connectivity index (χ2n) is 14.9. The van der Waals surface area contributed by atoms with Crippen molar-refractivity contribution < 1.29 is 9.84 Å². The Bertz CT molecular complexity index is 3070. The lowest BCUT2D eigenvalue weighted by Crippen LogP contribution is -2.33. The molecule has 0 spiro atoms. The largest absolute Gasteiger partial charge is 0.508 e. The fourth-order valence-electron chi connectivity index (χ4n) is 7.98. The molecular weight excluding hydrogens is 747 g/mol. The summed E-state index contributed by atoms with van der Waals surface area (Å²) < 4.78 is 9.61. The van der Waals surface area contributed by atoms with Crippen LogP contribution in [-0.4, -0.2) is 75.4 Å². The molecule has 0 aliphatic carbocycles. The number of hydrogen-bond donors (Lipinski definition) is 1. The van der Waals surface area contributed by atoms with Gasteiger partial charge in [-0.1, -0.05) is 67.1 Å². The van der Waals surface area contributed by atoms with E-state index < -0.39 is 0 Å². The number of ether oxygens (including phenoxy) is 1. The Hall–Kier alpha value is -7.50. The summed E-state index contributed by atoms with van der Waals surface area (Å²) >= 11 is 0. The predicted octanol–water partition coefficient (Wildman–Crippen LogP) is 9.79. The Balaban J connectivity index is 0.000000149. The summed E-state index contributed by atoms with van der Waals surface area (Å²) in [5.41, 5.74) is 11.7. The summed E-state index contributed by atoms with van der Waals surface area (Å²) in [7, 11) is 0. The minimum absolute atomic E-state index is 0.244. The molecule has 0 bridgehead atoms. The van der Waals surface area contributed by atoms with Gasteiger partial charge in [0.2, 0.25) is 0 Å². The van der Waals surface area contributed by atoms with Crippen LogP contribution in [0.5, 0.6) is 11.5 Å². The van der Waals surface area contributed by atoms with Gasteiger partial charge >= 0.3 is 0 Å². The second kappa shape index (κ2) is 16.4. The van der Waals surface area contributed by atoms with Gasteiger partial charge in [0.05, 0.1) is 23.4 Å². The fourth-order valence-corrected chi connectivity index (χ4v) is 7.98. The standard InChI is InChI=1S/C28H27N5O.C21H14N4O/c1-2-14-32(15-3-1)16-17-34-23-11-9-21(10-12-23)22-18-30-28-26(19-31-33(28)20-22)24-6-4-8-27-25(24)7-5-13-29-27;26-16-8-6-14(7-9-16)15-11-23-21-19(12-24-25(21)13-15)17-3-1-5-20-18(17)4-2-10-22-20/h4-13,18-20H,1-3,14-17H2;1-13,26H. The van der Waals surface area contributed by atoms with Crippen molar-refractivity contribution >= 4 is 33.1 Å². The molecule has 7 heterocycles. The van der Waals surface area contributed by atoms with Crippen molar-refractivity contribution in [1.29, 1.82) is 0 Å². The van der Waals surface area contributed by atoms with E-state index >= 15 is 0 Å². The number of fused-ring (bicyclic) bond motifs is 4. The lowest BCUT2D eigenvalue weighted by Gasteiger charge is -2.26. The molecule has 4 aromatic carbocycles. The first-order valence-corrected chi connectivity index (χ1v) is 20.2. The summed E-state index contributed by atoms with van der Waals surface area (Å²) in [6.45, 7) is 4.12. The molecule has 11 rings (SSSR count). The normalized spacial score (nSPS) is 13.1. The van der Waals surface area contributed by atoms with Gasteiger partial charge in [0.1, 0.15) is 18.1 Å². The third-order valence-corrected chi connectivity index (χ3v) is 11.1. The SMILES string of the molecule is Oc1ccc(-c2cnc3c(-c4cccc5ncccc45)cnn3c2)cc1.c1cc(-c2cnn3cc(-c4ccc(OCCN5CCCCC5)cc4)cnc23)c2cccnc2c1. The lowest BCUT2D eigenvalue weighted by molar-refractivity contribution is 0.183. The number of likely N-dealkylation sites (tertiary alicyclic amines) is 1. The van der Waals surface area contributed by atoms with Crippen LogP contribution in [0.3, 0.4) is 0 Å². The number of aromatic nitrogens is 8. The molecule has 1 fully saturated rings. The van der Waals surface area contributed by atoms with E-state index in [0.717, 1.165) is 96.5 Å². The third-order valence-electron chi connectivity index (χ3n) is 11.1. The first kappa shape index (κ1) is 36.8. The average Bonchev–Trinajstić information content (AvgIpc) is 3.94. The summed E-state index contributed by atoms with van der Waals surface area (Å²) in [6.07, 6.45) is 19.0. The summed E-state index contributed by atoms with van der Waals surface area (Å²) in [4.78, 5) is 20.8. The van der Waals surface area contributed by atoms with Gasteiger partial charge in [0, 0.05) is 76.8 Å². The van der Waals surface area contributed by atoms with Gasteiger partial charge in [0.15, 0.2) is 11.3 Å². The van der Waals surface area contributed by atoms with E-state index in [2.05, 4.69) is 66.4 Å². The Labute approximate surface area is 346 Å². The molecule has 0 amide bonds. The molecule has 0 unspecified atom stereocenters. The van der Waals surface area contributed by atoms with Crippen molar-refractivity contribution in [1.82, 2.24) is 44.1 Å². The highest BCUT2D eigenvalue weighted by Crippen LogP contribution is 2.33. The molecule has 0 radical (unpaired) electrons. The maximum Gasteiger partial charge on any atom is 0.162 e. The number of rotatable bonds is 8. The third kappa shape index (κ3) is 7.49. The Morgan fingerprint density at radius 3 is 1.58 bits per heavy atom. The van der Waals surface area contributed by atoms with Crippen LogP contribution >= 0.6 is 0 Å². The maximum atomic E-state index is 9.45. The number of phenols is 1. The summed E-state index contributed by atoms with van der Waals surface area (Å²) in [6, 6.07) is 35.6.